The van der Waals surface area contributed by atoms with Crippen LogP contribution in [0.2, 0.25) is 0 Å². The van der Waals surface area contributed by atoms with Gasteiger partial charge in [-0.05, 0) is 50.0 Å². The van der Waals surface area contributed by atoms with E-state index in [0.29, 0.717) is 17.8 Å². The van der Waals surface area contributed by atoms with Crippen molar-refractivity contribution >= 4 is 0 Å². The molecule has 0 saturated heterocycles. The molecule has 0 aliphatic heterocycles. The quantitative estimate of drug-likeness (QED) is 0.642. The summed E-state index contributed by atoms with van der Waals surface area (Å²) in [5, 5.41) is 0. The highest BCUT2D eigenvalue weighted by Crippen LogP contribution is 2.43. The average molecular weight is 171 g/mol. The van der Waals surface area contributed by atoms with Gasteiger partial charge in [-0.1, -0.05) is 6.42 Å². The highest BCUT2D eigenvalue weighted by atomic mass is 19.1. The second-order valence-corrected chi connectivity index (χ2v) is 4.47. The first-order valence-corrected chi connectivity index (χ1v) is 5.15. The van der Waals surface area contributed by atoms with E-state index < -0.39 is 6.17 Å². The molecule has 2 aliphatic carbocycles. The summed E-state index contributed by atoms with van der Waals surface area (Å²) in [6.45, 7) is 0.764. The van der Waals surface area contributed by atoms with Gasteiger partial charge < -0.3 is 5.73 Å². The van der Waals surface area contributed by atoms with Crippen molar-refractivity contribution in [3.63, 3.8) is 0 Å². The number of hydrogen-bond donors (Lipinski definition) is 1. The molecule has 4 atom stereocenters. The van der Waals surface area contributed by atoms with E-state index in [1.807, 2.05) is 0 Å². The van der Waals surface area contributed by atoms with Crippen LogP contribution in [0.25, 0.3) is 0 Å². The van der Waals surface area contributed by atoms with Gasteiger partial charge in [-0.2, -0.15) is 0 Å². The fourth-order valence-corrected chi connectivity index (χ4v) is 2.99. The van der Waals surface area contributed by atoms with Crippen molar-refractivity contribution in [1.82, 2.24) is 0 Å². The van der Waals surface area contributed by atoms with Crippen LogP contribution >= 0.6 is 0 Å². The molecule has 12 heavy (non-hydrogen) atoms. The predicted octanol–water partition coefficient (Wildman–Crippen LogP) is 2.11. The lowest BCUT2D eigenvalue weighted by molar-refractivity contribution is 0.0274. The van der Waals surface area contributed by atoms with Crippen molar-refractivity contribution in [1.29, 1.82) is 0 Å². The number of halogens is 1. The Kier molecular flexibility index (Phi) is 2.35. The van der Waals surface area contributed by atoms with E-state index in [9.17, 15) is 4.39 Å². The molecule has 0 aromatic heterocycles. The first-order valence-electron chi connectivity index (χ1n) is 5.15. The van der Waals surface area contributed by atoms with Crippen LogP contribution in [-0.2, 0) is 0 Å². The topological polar surface area (TPSA) is 26.0 Å². The minimum atomic E-state index is -0.499. The van der Waals surface area contributed by atoms with Crippen LogP contribution in [0.4, 0.5) is 4.39 Å². The van der Waals surface area contributed by atoms with Crippen molar-refractivity contribution in [2.24, 2.45) is 23.5 Å². The first-order chi connectivity index (χ1) is 5.81. The van der Waals surface area contributed by atoms with Crippen LogP contribution in [0.3, 0.4) is 0 Å². The fourth-order valence-electron chi connectivity index (χ4n) is 2.99. The lowest BCUT2D eigenvalue weighted by Crippen LogP contribution is -2.39. The lowest BCUT2D eigenvalue weighted by atomic mass is 9.67. The van der Waals surface area contributed by atoms with Crippen LogP contribution in [0, 0.1) is 17.8 Å². The summed E-state index contributed by atoms with van der Waals surface area (Å²) < 4.78 is 13.6. The highest BCUT2D eigenvalue weighted by Gasteiger charge is 2.39. The Labute approximate surface area is 73.5 Å². The van der Waals surface area contributed by atoms with Crippen molar-refractivity contribution < 1.29 is 4.39 Å². The summed E-state index contributed by atoms with van der Waals surface area (Å²) in [6.07, 6.45) is 5.05. The summed E-state index contributed by atoms with van der Waals surface area (Å²) >= 11 is 0. The lowest BCUT2D eigenvalue weighted by Gasteiger charge is -2.41. The standard InChI is InChI=1S/C10H18FN/c11-10-8-2-1-3-9(10)5-7(4-8)6-12/h7-10H,1-6,12H2/t7?,8-,9+,10?. The summed E-state index contributed by atoms with van der Waals surface area (Å²) in [4.78, 5) is 0. The van der Waals surface area contributed by atoms with E-state index in [0.717, 1.165) is 32.2 Å². The summed E-state index contributed by atoms with van der Waals surface area (Å²) in [5.41, 5.74) is 5.63. The monoisotopic (exact) mass is 171 g/mol. The van der Waals surface area contributed by atoms with E-state index in [-0.39, 0.29) is 0 Å². The molecule has 0 amide bonds. The molecule has 0 heterocycles. The van der Waals surface area contributed by atoms with E-state index in [4.69, 9.17) is 5.73 Å². The van der Waals surface area contributed by atoms with Gasteiger partial charge in [0.2, 0.25) is 0 Å². The van der Waals surface area contributed by atoms with Gasteiger partial charge in [-0.3, -0.25) is 0 Å². The van der Waals surface area contributed by atoms with E-state index in [1.165, 1.54) is 6.42 Å². The number of rotatable bonds is 1. The van der Waals surface area contributed by atoms with Gasteiger partial charge >= 0.3 is 0 Å². The highest BCUT2D eigenvalue weighted by molar-refractivity contribution is 4.90. The molecule has 0 radical (unpaired) electrons. The number of fused-ring (bicyclic) bond motifs is 2. The third-order valence-corrected chi connectivity index (χ3v) is 3.66. The van der Waals surface area contributed by atoms with Crippen molar-refractivity contribution in [3.8, 4) is 0 Å². The van der Waals surface area contributed by atoms with Gasteiger partial charge in [0.15, 0.2) is 0 Å². The van der Waals surface area contributed by atoms with Crippen molar-refractivity contribution in [3.05, 3.63) is 0 Å². The molecule has 70 valence electrons. The second kappa shape index (κ2) is 3.33. The van der Waals surface area contributed by atoms with Crippen molar-refractivity contribution in [2.45, 2.75) is 38.3 Å². The zero-order valence-corrected chi connectivity index (χ0v) is 7.51. The first kappa shape index (κ1) is 8.49. The summed E-state index contributed by atoms with van der Waals surface area (Å²) in [7, 11) is 0. The Morgan fingerprint density at radius 2 is 1.75 bits per heavy atom. The molecule has 2 rings (SSSR count). The Hall–Kier alpha value is -0.110. The number of alkyl halides is 1. The zero-order valence-electron chi connectivity index (χ0n) is 7.51. The molecule has 2 saturated carbocycles. The normalized spacial score (nSPS) is 47.5. The Bertz CT molecular complexity index is 146. The largest absolute Gasteiger partial charge is 0.330 e. The maximum atomic E-state index is 13.6. The zero-order chi connectivity index (χ0) is 8.55. The van der Waals surface area contributed by atoms with Gasteiger partial charge in [0.1, 0.15) is 6.17 Å². The Morgan fingerprint density at radius 1 is 1.17 bits per heavy atom. The van der Waals surface area contributed by atoms with Gasteiger partial charge in [0.25, 0.3) is 0 Å². The third-order valence-electron chi connectivity index (χ3n) is 3.66. The maximum absolute atomic E-state index is 13.6. The molecule has 2 aliphatic rings. The average Bonchev–Trinajstić information content (AvgIpc) is 2.04. The fraction of sp³-hybridized carbons (Fsp3) is 1.00. The Balaban J connectivity index is 2.02. The molecule has 0 aromatic rings. The van der Waals surface area contributed by atoms with Gasteiger partial charge in [0, 0.05) is 0 Å². The van der Waals surface area contributed by atoms with Crippen LogP contribution in [-0.4, -0.2) is 12.7 Å². The molecule has 2 heteroatoms. The molecule has 2 N–H and O–H groups in total. The van der Waals surface area contributed by atoms with E-state index >= 15 is 0 Å². The molecular formula is C10H18FN. The smallest absolute Gasteiger partial charge is 0.106 e. The van der Waals surface area contributed by atoms with Crippen LogP contribution in [0.1, 0.15) is 32.1 Å². The molecule has 2 unspecified atom stereocenters. The molecule has 2 bridgehead atoms. The van der Waals surface area contributed by atoms with Crippen LogP contribution < -0.4 is 5.73 Å². The van der Waals surface area contributed by atoms with Crippen molar-refractivity contribution in [2.75, 3.05) is 6.54 Å². The minimum absolute atomic E-state index is 0.353. The summed E-state index contributed by atoms with van der Waals surface area (Å²) in [6, 6.07) is 0. The SMILES string of the molecule is NCC1C[C@H]2CCC[C@@H](C1)C2F. The van der Waals surface area contributed by atoms with Crippen LogP contribution in [0.5, 0.6) is 0 Å². The van der Waals surface area contributed by atoms with E-state index in [1.54, 1.807) is 0 Å². The molecule has 2 fully saturated rings. The predicted molar refractivity (Wildman–Crippen MR) is 47.5 cm³/mol. The maximum Gasteiger partial charge on any atom is 0.106 e. The molecular weight excluding hydrogens is 153 g/mol. The van der Waals surface area contributed by atoms with Gasteiger partial charge in [-0.15, -0.1) is 0 Å². The van der Waals surface area contributed by atoms with Gasteiger partial charge in [0.05, 0.1) is 0 Å². The Morgan fingerprint density at radius 3 is 2.25 bits per heavy atom. The van der Waals surface area contributed by atoms with Gasteiger partial charge in [-0.25, -0.2) is 4.39 Å². The molecule has 0 aromatic carbocycles. The third kappa shape index (κ3) is 1.37. The molecule has 1 nitrogen and oxygen atoms in total. The summed E-state index contributed by atoms with van der Waals surface area (Å²) in [5.74, 6) is 1.32. The van der Waals surface area contributed by atoms with E-state index in [2.05, 4.69) is 0 Å². The second-order valence-electron chi connectivity index (χ2n) is 4.47. The minimum Gasteiger partial charge on any atom is -0.330 e. The number of hydrogen-bond acceptors (Lipinski definition) is 1. The molecule has 0 spiro atoms. The van der Waals surface area contributed by atoms with Crippen LogP contribution in [0.15, 0.2) is 0 Å². The number of nitrogens with two attached hydrogens (primary N) is 1.